The zero-order valence-corrected chi connectivity index (χ0v) is 12.0. The summed E-state index contributed by atoms with van der Waals surface area (Å²) in [7, 11) is 0. The third-order valence-electron chi connectivity index (χ3n) is 3.99. The van der Waals surface area contributed by atoms with E-state index in [1.54, 1.807) is 31.2 Å². The molecule has 0 bridgehead atoms. The van der Waals surface area contributed by atoms with E-state index in [1.807, 2.05) is 0 Å². The van der Waals surface area contributed by atoms with Crippen molar-refractivity contribution < 1.29 is 19.2 Å². The molecule has 1 aromatic carbocycles. The molecule has 3 rings (SSSR count). The second-order valence-electron chi connectivity index (χ2n) is 5.30. The molecule has 22 heavy (non-hydrogen) atoms. The van der Waals surface area contributed by atoms with Crippen molar-refractivity contribution in [3.05, 3.63) is 35.4 Å². The van der Waals surface area contributed by atoms with E-state index >= 15 is 0 Å². The molecule has 0 saturated carbocycles. The first-order chi connectivity index (χ1) is 10.5. The van der Waals surface area contributed by atoms with Gasteiger partial charge in [-0.15, -0.1) is 0 Å². The summed E-state index contributed by atoms with van der Waals surface area (Å²) in [5, 5.41) is 2.66. The quantitative estimate of drug-likeness (QED) is 0.755. The zero-order chi connectivity index (χ0) is 15.9. The highest BCUT2D eigenvalue weighted by Gasteiger charge is 2.38. The van der Waals surface area contributed by atoms with E-state index in [-0.39, 0.29) is 12.5 Å². The van der Waals surface area contributed by atoms with E-state index in [0.29, 0.717) is 24.2 Å². The lowest BCUT2D eigenvalue weighted by Crippen LogP contribution is -2.57. The van der Waals surface area contributed by atoms with E-state index in [9.17, 15) is 19.2 Å². The number of piperazine rings is 1. The first kappa shape index (κ1) is 14.2. The van der Waals surface area contributed by atoms with Crippen LogP contribution in [0.1, 0.15) is 27.6 Å². The average molecular weight is 301 g/mol. The third-order valence-corrected chi connectivity index (χ3v) is 3.99. The van der Waals surface area contributed by atoms with Gasteiger partial charge in [0.2, 0.25) is 11.8 Å². The standard InChI is InChI=1S/C15H15N3O4/c1-9-13(20)16-6-7-17(9)12(19)8-18-14(21)10-4-2-3-5-11(10)15(18)22/h2-5,9H,6-8H2,1H3,(H,16,20)/t9-/m0/s1. The van der Waals surface area contributed by atoms with Crippen LogP contribution in [0.4, 0.5) is 0 Å². The molecule has 2 aliphatic rings. The highest BCUT2D eigenvalue weighted by atomic mass is 16.2. The van der Waals surface area contributed by atoms with Gasteiger partial charge in [-0.05, 0) is 19.1 Å². The molecule has 1 atom stereocenters. The Morgan fingerprint density at radius 3 is 2.36 bits per heavy atom. The molecule has 1 aromatic rings. The number of rotatable bonds is 2. The van der Waals surface area contributed by atoms with Crippen LogP contribution in [0.25, 0.3) is 0 Å². The maximum absolute atomic E-state index is 12.4. The van der Waals surface area contributed by atoms with Gasteiger partial charge in [0.15, 0.2) is 0 Å². The van der Waals surface area contributed by atoms with Gasteiger partial charge in [-0.2, -0.15) is 0 Å². The molecule has 4 amide bonds. The Hall–Kier alpha value is -2.70. The smallest absolute Gasteiger partial charge is 0.262 e. The topological polar surface area (TPSA) is 86.8 Å². The van der Waals surface area contributed by atoms with Crippen molar-refractivity contribution in [3.8, 4) is 0 Å². The van der Waals surface area contributed by atoms with Gasteiger partial charge in [0.25, 0.3) is 11.8 Å². The molecule has 1 N–H and O–H groups in total. The number of hydrogen-bond acceptors (Lipinski definition) is 4. The maximum atomic E-state index is 12.4. The second-order valence-corrected chi connectivity index (χ2v) is 5.30. The number of hydrogen-bond donors (Lipinski definition) is 1. The molecule has 0 aromatic heterocycles. The Morgan fingerprint density at radius 2 is 1.77 bits per heavy atom. The van der Waals surface area contributed by atoms with Gasteiger partial charge in [-0.3, -0.25) is 24.1 Å². The zero-order valence-electron chi connectivity index (χ0n) is 12.0. The van der Waals surface area contributed by atoms with E-state index in [1.165, 1.54) is 4.90 Å². The molecule has 1 saturated heterocycles. The minimum Gasteiger partial charge on any atom is -0.353 e. The molecule has 0 unspecified atom stereocenters. The summed E-state index contributed by atoms with van der Waals surface area (Å²) >= 11 is 0. The average Bonchev–Trinajstić information content (AvgIpc) is 2.75. The van der Waals surface area contributed by atoms with Crippen molar-refractivity contribution in [3.63, 3.8) is 0 Å². The van der Waals surface area contributed by atoms with Crippen LogP contribution in [-0.2, 0) is 9.59 Å². The summed E-state index contributed by atoms with van der Waals surface area (Å²) in [6, 6.07) is 5.88. The van der Waals surface area contributed by atoms with Crippen LogP contribution < -0.4 is 5.32 Å². The number of imide groups is 1. The largest absolute Gasteiger partial charge is 0.353 e. The Morgan fingerprint density at radius 1 is 1.18 bits per heavy atom. The summed E-state index contributed by atoms with van der Waals surface area (Å²) in [4.78, 5) is 50.7. The lowest BCUT2D eigenvalue weighted by atomic mass is 10.1. The van der Waals surface area contributed by atoms with Gasteiger partial charge in [-0.1, -0.05) is 12.1 Å². The fraction of sp³-hybridized carbons (Fsp3) is 0.333. The molecule has 7 nitrogen and oxygen atoms in total. The van der Waals surface area contributed by atoms with Crippen molar-refractivity contribution >= 4 is 23.6 Å². The minimum atomic E-state index is -0.601. The van der Waals surface area contributed by atoms with Crippen LogP contribution in [0.15, 0.2) is 24.3 Å². The summed E-state index contributed by atoms with van der Waals surface area (Å²) < 4.78 is 0. The number of nitrogens with zero attached hydrogens (tertiary/aromatic N) is 2. The number of carbonyl (C=O) groups is 4. The van der Waals surface area contributed by atoms with Gasteiger partial charge in [-0.25, -0.2) is 0 Å². The van der Waals surface area contributed by atoms with Crippen LogP contribution >= 0.6 is 0 Å². The van der Waals surface area contributed by atoms with Crippen LogP contribution in [0.5, 0.6) is 0 Å². The molecule has 0 spiro atoms. The molecule has 1 fully saturated rings. The first-order valence-electron chi connectivity index (χ1n) is 7.03. The molecule has 114 valence electrons. The third kappa shape index (κ3) is 2.14. The van der Waals surface area contributed by atoms with Gasteiger partial charge in [0.05, 0.1) is 11.1 Å². The monoisotopic (exact) mass is 301 g/mol. The van der Waals surface area contributed by atoms with Crippen LogP contribution in [-0.4, -0.2) is 59.1 Å². The Kier molecular flexibility index (Phi) is 3.40. The van der Waals surface area contributed by atoms with Crippen LogP contribution in [0.2, 0.25) is 0 Å². The molecule has 0 aliphatic carbocycles. The normalized spacial score (nSPS) is 21.0. The number of amides is 4. The number of nitrogens with one attached hydrogen (secondary N) is 1. The van der Waals surface area contributed by atoms with Crippen LogP contribution in [0.3, 0.4) is 0 Å². The fourth-order valence-corrected chi connectivity index (χ4v) is 2.73. The highest BCUT2D eigenvalue weighted by Crippen LogP contribution is 2.22. The van der Waals surface area contributed by atoms with Crippen molar-refractivity contribution in [2.24, 2.45) is 0 Å². The molecule has 0 radical (unpaired) electrons. The lowest BCUT2D eigenvalue weighted by Gasteiger charge is -2.33. The summed E-state index contributed by atoms with van der Waals surface area (Å²) in [5.41, 5.74) is 0.620. The van der Waals surface area contributed by atoms with E-state index < -0.39 is 23.8 Å². The van der Waals surface area contributed by atoms with E-state index in [2.05, 4.69) is 5.32 Å². The highest BCUT2D eigenvalue weighted by molar-refractivity contribution is 6.22. The van der Waals surface area contributed by atoms with Crippen molar-refractivity contribution in [1.29, 1.82) is 0 Å². The number of benzene rings is 1. The fourth-order valence-electron chi connectivity index (χ4n) is 2.73. The summed E-state index contributed by atoms with van der Waals surface area (Å²) in [5.74, 6) is -1.58. The SMILES string of the molecule is C[C@H]1C(=O)NCCN1C(=O)CN1C(=O)c2ccccc2C1=O. The Bertz CT molecular complexity index is 650. The maximum Gasteiger partial charge on any atom is 0.262 e. The number of carbonyl (C=O) groups excluding carboxylic acids is 4. The Labute approximate surface area is 126 Å². The lowest BCUT2D eigenvalue weighted by molar-refractivity contribution is -0.142. The molecule has 7 heteroatoms. The predicted octanol–water partition coefficient (Wildman–Crippen LogP) is -0.370. The second kappa shape index (κ2) is 5.25. The van der Waals surface area contributed by atoms with Gasteiger partial charge in [0, 0.05) is 13.1 Å². The van der Waals surface area contributed by atoms with E-state index in [0.717, 1.165) is 4.90 Å². The number of fused-ring (bicyclic) bond motifs is 1. The van der Waals surface area contributed by atoms with Gasteiger partial charge >= 0.3 is 0 Å². The summed E-state index contributed by atoms with van der Waals surface area (Å²) in [6.45, 7) is 2.02. The summed E-state index contributed by atoms with van der Waals surface area (Å²) in [6.07, 6.45) is 0. The van der Waals surface area contributed by atoms with Crippen LogP contribution in [0, 0.1) is 0 Å². The minimum absolute atomic E-state index is 0.234. The van der Waals surface area contributed by atoms with Crippen molar-refractivity contribution in [1.82, 2.24) is 15.1 Å². The first-order valence-corrected chi connectivity index (χ1v) is 7.03. The van der Waals surface area contributed by atoms with Gasteiger partial charge in [0.1, 0.15) is 12.6 Å². The van der Waals surface area contributed by atoms with Gasteiger partial charge < -0.3 is 10.2 Å². The molecular formula is C15H15N3O4. The molecular weight excluding hydrogens is 286 g/mol. The van der Waals surface area contributed by atoms with Crippen molar-refractivity contribution in [2.75, 3.05) is 19.6 Å². The molecule has 2 aliphatic heterocycles. The molecule has 2 heterocycles. The van der Waals surface area contributed by atoms with Crippen molar-refractivity contribution in [2.45, 2.75) is 13.0 Å². The Balaban J connectivity index is 1.77. The van der Waals surface area contributed by atoms with E-state index in [4.69, 9.17) is 0 Å². The predicted molar refractivity (Wildman–Crippen MR) is 76.0 cm³/mol.